The smallest absolute Gasteiger partial charge is 0.217 e. The lowest BCUT2D eigenvalue weighted by atomic mass is 10.3. The number of carbonyl (C=O) groups is 2. The van der Waals surface area contributed by atoms with Gasteiger partial charge in [0.15, 0.2) is 0 Å². The van der Waals surface area contributed by atoms with Crippen molar-refractivity contribution in [1.29, 1.82) is 0 Å². The molecule has 1 amide bonds. The van der Waals surface area contributed by atoms with Crippen LogP contribution in [0.25, 0.3) is 0 Å². The molecule has 10 heavy (non-hydrogen) atoms. The van der Waals surface area contributed by atoms with Crippen molar-refractivity contribution >= 4 is 11.7 Å². The zero-order valence-corrected chi connectivity index (χ0v) is 6.81. The third kappa shape index (κ3) is 58.8. The molecule has 2 N–H and O–H groups in total. The molecular formula is C7H15NO2. The van der Waals surface area contributed by atoms with Crippen LogP contribution < -0.4 is 5.73 Å². The van der Waals surface area contributed by atoms with Gasteiger partial charge in [-0.2, -0.15) is 0 Å². The number of nitrogens with two attached hydrogens (primary N) is 1. The predicted octanol–water partition coefficient (Wildman–Crippen LogP) is 0.867. The quantitative estimate of drug-likeness (QED) is 0.626. The Hall–Kier alpha value is -0.860. The lowest BCUT2D eigenvalue weighted by Gasteiger charge is -1.81. The Balaban J connectivity index is 0. The van der Waals surface area contributed by atoms with Crippen molar-refractivity contribution in [2.45, 2.75) is 33.6 Å². The molecule has 60 valence electrons. The first-order valence-electron chi connectivity index (χ1n) is 3.26. The Morgan fingerprint density at radius 2 is 1.60 bits per heavy atom. The molecule has 0 aromatic carbocycles. The molecule has 0 aliphatic rings. The topological polar surface area (TPSA) is 60.2 Å². The van der Waals surface area contributed by atoms with E-state index in [2.05, 4.69) is 0 Å². The Bertz CT molecular complexity index is 106. The molecule has 0 aliphatic heterocycles. The minimum atomic E-state index is -0.211. The van der Waals surface area contributed by atoms with Crippen LogP contribution in [-0.2, 0) is 9.59 Å². The summed E-state index contributed by atoms with van der Waals surface area (Å²) in [6, 6.07) is 0. The van der Waals surface area contributed by atoms with Crippen LogP contribution in [0.2, 0.25) is 0 Å². The number of ketones is 1. The van der Waals surface area contributed by atoms with E-state index in [9.17, 15) is 9.59 Å². The Kier molecular flexibility index (Phi) is 9.67. The molecule has 0 heterocycles. The van der Waals surface area contributed by atoms with Crippen LogP contribution in [0, 0.1) is 0 Å². The van der Waals surface area contributed by atoms with Gasteiger partial charge in [0, 0.05) is 6.42 Å². The number of carbonyl (C=O) groups excluding carboxylic acids is 2. The SMILES string of the molecule is CC(C)=O.CCCC(N)=O. The van der Waals surface area contributed by atoms with Gasteiger partial charge in [-0.15, -0.1) is 0 Å². The maximum Gasteiger partial charge on any atom is 0.217 e. The van der Waals surface area contributed by atoms with Crippen LogP contribution in [-0.4, -0.2) is 11.7 Å². The second kappa shape index (κ2) is 8.14. The van der Waals surface area contributed by atoms with Gasteiger partial charge in [-0.3, -0.25) is 4.79 Å². The summed E-state index contributed by atoms with van der Waals surface area (Å²) >= 11 is 0. The first-order chi connectivity index (χ1) is 4.50. The predicted molar refractivity (Wildman–Crippen MR) is 40.5 cm³/mol. The Morgan fingerprint density at radius 1 is 1.30 bits per heavy atom. The molecule has 0 spiro atoms. The lowest BCUT2D eigenvalue weighted by molar-refractivity contribution is -0.118. The average Bonchev–Trinajstić information content (AvgIpc) is 1.62. The maximum absolute atomic E-state index is 9.82. The van der Waals surface area contributed by atoms with Crippen molar-refractivity contribution in [2.24, 2.45) is 5.73 Å². The molecule has 0 unspecified atom stereocenters. The van der Waals surface area contributed by atoms with Gasteiger partial charge >= 0.3 is 0 Å². The highest BCUT2D eigenvalue weighted by Crippen LogP contribution is 1.79. The largest absolute Gasteiger partial charge is 0.370 e. The summed E-state index contributed by atoms with van der Waals surface area (Å²) in [4.78, 5) is 19.3. The lowest BCUT2D eigenvalue weighted by Crippen LogP contribution is -2.08. The van der Waals surface area contributed by atoms with Crippen molar-refractivity contribution in [3.63, 3.8) is 0 Å². The number of amides is 1. The molecule has 3 heteroatoms. The summed E-state index contributed by atoms with van der Waals surface area (Å²) < 4.78 is 0. The first kappa shape index (κ1) is 11.9. The molecule has 0 bridgehead atoms. The fraction of sp³-hybridized carbons (Fsp3) is 0.714. The fourth-order valence-corrected chi connectivity index (χ4v) is 0.246. The summed E-state index contributed by atoms with van der Waals surface area (Å²) in [6.45, 7) is 4.98. The number of rotatable bonds is 2. The maximum atomic E-state index is 9.82. The molecule has 0 aromatic heterocycles. The van der Waals surface area contributed by atoms with Crippen molar-refractivity contribution in [1.82, 2.24) is 0 Å². The summed E-state index contributed by atoms with van der Waals surface area (Å²) in [7, 11) is 0. The second-order valence-electron chi connectivity index (χ2n) is 2.12. The van der Waals surface area contributed by atoms with Gasteiger partial charge in [-0.1, -0.05) is 6.92 Å². The summed E-state index contributed by atoms with van der Waals surface area (Å²) in [5.74, 6) is -0.0440. The van der Waals surface area contributed by atoms with Crippen molar-refractivity contribution in [3.05, 3.63) is 0 Å². The highest BCUT2D eigenvalue weighted by molar-refractivity contribution is 5.73. The average molecular weight is 145 g/mol. The zero-order chi connectivity index (χ0) is 8.57. The van der Waals surface area contributed by atoms with E-state index in [-0.39, 0.29) is 11.7 Å². The van der Waals surface area contributed by atoms with E-state index in [0.29, 0.717) is 6.42 Å². The van der Waals surface area contributed by atoms with E-state index in [1.807, 2.05) is 6.92 Å². The van der Waals surface area contributed by atoms with Gasteiger partial charge < -0.3 is 10.5 Å². The van der Waals surface area contributed by atoms with Gasteiger partial charge in [0.1, 0.15) is 5.78 Å². The number of primary amides is 1. The highest BCUT2D eigenvalue weighted by atomic mass is 16.1. The molecule has 0 radical (unpaired) electrons. The van der Waals surface area contributed by atoms with E-state index in [0.717, 1.165) is 6.42 Å². The van der Waals surface area contributed by atoms with Gasteiger partial charge in [-0.25, -0.2) is 0 Å². The van der Waals surface area contributed by atoms with Crippen molar-refractivity contribution < 1.29 is 9.59 Å². The van der Waals surface area contributed by atoms with Gasteiger partial charge in [0.05, 0.1) is 0 Å². The van der Waals surface area contributed by atoms with Crippen molar-refractivity contribution in [2.75, 3.05) is 0 Å². The van der Waals surface area contributed by atoms with Crippen LogP contribution in [0.5, 0.6) is 0 Å². The fourth-order valence-electron chi connectivity index (χ4n) is 0.246. The van der Waals surface area contributed by atoms with E-state index < -0.39 is 0 Å². The Morgan fingerprint density at radius 3 is 1.60 bits per heavy atom. The molecule has 0 rings (SSSR count). The normalized spacial score (nSPS) is 7.50. The summed E-state index contributed by atoms with van der Waals surface area (Å²) in [5, 5.41) is 0. The summed E-state index contributed by atoms with van der Waals surface area (Å²) in [5.41, 5.74) is 4.76. The van der Waals surface area contributed by atoms with Crippen LogP contribution in [0.1, 0.15) is 33.6 Å². The molecule has 0 saturated heterocycles. The highest BCUT2D eigenvalue weighted by Gasteiger charge is 1.84. The standard InChI is InChI=1S/C4H9NO.C3H6O/c1-2-3-4(5)6;1-3(2)4/h2-3H2,1H3,(H2,5,6);1-2H3. The number of Topliss-reactive ketones (excluding diaryl/α,β-unsaturated/α-hetero) is 1. The third-order valence-electron chi connectivity index (χ3n) is 0.496. The molecular weight excluding hydrogens is 130 g/mol. The molecule has 0 saturated carbocycles. The van der Waals surface area contributed by atoms with Crippen LogP contribution >= 0.6 is 0 Å². The Labute approximate surface area is 61.6 Å². The molecule has 0 atom stereocenters. The van der Waals surface area contributed by atoms with Crippen LogP contribution in [0.4, 0.5) is 0 Å². The van der Waals surface area contributed by atoms with Gasteiger partial charge in [0.2, 0.25) is 5.91 Å². The van der Waals surface area contributed by atoms with Crippen LogP contribution in [0.3, 0.4) is 0 Å². The van der Waals surface area contributed by atoms with E-state index in [1.54, 1.807) is 0 Å². The first-order valence-corrected chi connectivity index (χ1v) is 3.26. The van der Waals surface area contributed by atoms with Crippen molar-refractivity contribution in [3.8, 4) is 0 Å². The van der Waals surface area contributed by atoms with E-state index >= 15 is 0 Å². The second-order valence-corrected chi connectivity index (χ2v) is 2.12. The number of hydrogen-bond donors (Lipinski definition) is 1. The van der Waals surface area contributed by atoms with E-state index in [4.69, 9.17) is 5.73 Å². The number of hydrogen-bond acceptors (Lipinski definition) is 2. The minimum absolute atomic E-state index is 0.167. The monoisotopic (exact) mass is 145 g/mol. The van der Waals surface area contributed by atoms with Gasteiger partial charge in [0.25, 0.3) is 0 Å². The summed E-state index contributed by atoms with van der Waals surface area (Å²) in [6.07, 6.45) is 1.37. The van der Waals surface area contributed by atoms with E-state index in [1.165, 1.54) is 13.8 Å². The third-order valence-corrected chi connectivity index (χ3v) is 0.496. The molecule has 0 fully saturated rings. The minimum Gasteiger partial charge on any atom is -0.370 e. The molecule has 0 aliphatic carbocycles. The molecule has 3 nitrogen and oxygen atoms in total. The zero-order valence-electron chi connectivity index (χ0n) is 6.81. The van der Waals surface area contributed by atoms with Gasteiger partial charge in [-0.05, 0) is 20.3 Å². The molecule has 0 aromatic rings. The van der Waals surface area contributed by atoms with Crippen LogP contribution in [0.15, 0.2) is 0 Å².